The number of benzene rings is 1. The molecular weight excluding hydrogens is 474 g/mol. The molecule has 1 rings (SSSR count). The molecule has 0 spiro atoms. The number of methoxy groups -OCH3 is 5. The van der Waals surface area contributed by atoms with Crippen LogP contribution >= 0.6 is 0 Å². The highest BCUT2D eigenvalue weighted by atomic mass is 28.4. The molecule has 0 aromatic heterocycles. The van der Waals surface area contributed by atoms with Crippen LogP contribution < -0.4 is 14.2 Å². The van der Waals surface area contributed by atoms with Gasteiger partial charge in [0.2, 0.25) is 5.75 Å². The third kappa shape index (κ3) is 7.31. The van der Waals surface area contributed by atoms with Crippen molar-refractivity contribution in [1.82, 2.24) is 0 Å². The largest absolute Gasteiger partial charge is 0.493 e. The number of nitrogens with zero attached hydrogens (tertiary/aromatic N) is 1. The lowest BCUT2D eigenvalue weighted by Crippen LogP contribution is -2.51. The number of esters is 1. The average Bonchev–Trinajstić information content (AvgIpc) is 2.78. The first kappa shape index (κ1) is 30.7. The van der Waals surface area contributed by atoms with E-state index >= 15 is 0 Å². The van der Waals surface area contributed by atoms with Gasteiger partial charge in [0.25, 0.3) is 0 Å². The zero-order valence-electron chi connectivity index (χ0n) is 22.8. The van der Waals surface area contributed by atoms with Gasteiger partial charge in [-0.2, -0.15) is 0 Å². The highest BCUT2D eigenvalue weighted by Crippen LogP contribution is 2.45. The van der Waals surface area contributed by atoms with Gasteiger partial charge in [-0.3, -0.25) is 10.1 Å². The van der Waals surface area contributed by atoms with Gasteiger partial charge in [0.15, 0.2) is 25.9 Å². The van der Waals surface area contributed by atoms with Gasteiger partial charge in [0.05, 0.1) is 45.5 Å². The van der Waals surface area contributed by atoms with E-state index in [1.54, 1.807) is 0 Å². The maximum absolute atomic E-state index is 12.7. The van der Waals surface area contributed by atoms with Gasteiger partial charge in [0, 0.05) is 12.7 Å². The van der Waals surface area contributed by atoms with Crippen LogP contribution in [0.2, 0.25) is 18.1 Å². The smallest absolute Gasteiger partial charge is 0.336 e. The summed E-state index contributed by atoms with van der Waals surface area (Å²) in [4.78, 5) is 23.9. The van der Waals surface area contributed by atoms with Crippen molar-refractivity contribution in [3.05, 3.63) is 21.7 Å². The van der Waals surface area contributed by atoms with E-state index in [1.165, 1.54) is 41.6 Å². The summed E-state index contributed by atoms with van der Waals surface area (Å²) >= 11 is 0. The van der Waals surface area contributed by atoms with Crippen LogP contribution in [0.15, 0.2) is 6.07 Å². The molecule has 0 fully saturated rings. The van der Waals surface area contributed by atoms with Gasteiger partial charge in [-0.15, -0.1) is 0 Å². The molecule has 200 valence electrons. The fraction of sp³-hybridized carbons (Fsp3) is 0.708. The van der Waals surface area contributed by atoms with E-state index in [0.717, 1.165) is 0 Å². The molecule has 35 heavy (non-hydrogen) atoms. The minimum Gasteiger partial charge on any atom is -0.493 e. The molecule has 0 amide bonds. The zero-order valence-corrected chi connectivity index (χ0v) is 23.8. The Kier molecular flexibility index (Phi) is 11.0. The van der Waals surface area contributed by atoms with E-state index < -0.39 is 31.4 Å². The molecule has 0 heterocycles. The second-order valence-corrected chi connectivity index (χ2v) is 14.8. The third-order valence-electron chi connectivity index (χ3n) is 6.59. The molecule has 0 aliphatic rings. The van der Waals surface area contributed by atoms with E-state index in [1.807, 2.05) is 6.92 Å². The SMILES string of the molecule is COC(=O)[C@@H](O[Si](C)(C)C(C)(C)C)[C@H](C[C@H](C)Cc1c(OC)c(OC)cc([N+](=O)[O-])c1OC)OC. The molecule has 0 unspecified atom stereocenters. The lowest BCUT2D eigenvalue weighted by atomic mass is 9.92. The first-order valence-electron chi connectivity index (χ1n) is 11.4. The summed E-state index contributed by atoms with van der Waals surface area (Å²) in [5.41, 5.74) is 0.285. The van der Waals surface area contributed by atoms with Crippen LogP contribution in [0.25, 0.3) is 0 Å². The second kappa shape index (κ2) is 12.5. The van der Waals surface area contributed by atoms with E-state index in [2.05, 4.69) is 33.9 Å². The number of nitro benzene ring substituents is 1. The summed E-state index contributed by atoms with van der Waals surface area (Å²) < 4.78 is 33.5. The minimum absolute atomic E-state index is 0.107. The van der Waals surface area contributed by atoms with Gasteiger partial charge in [-0.05, 0) is 36.9 Å². The molecule has 0 saturated carbocycles. The van der Waals surface area contributed by atoms with Gasteiger partial charge in [-0.25, -0.2) is 4.79 Å². The summed E-state index contributed by atoms with van der Waals surface area (Å²) in [5, 5.41) is 11.5. The van der Waals surface area contributed by atoms with Crippen LogP contribution in [0, 0.1) is 16.0 Å². The topological polar surface area (TPSA) is 116 Å². The monoisotopic (exact) mass is 515 g/mol. The predicted octanol–water partition coefficient (Wildman–Crippen LogP) is 4.77. The van der Waals surface area contributed by atoms with Gasteiger partial charge >= 0.3 is 11.7 Å². The Morgan fingerprint density at radius 3 is 2.03 bits per heavy atom. The molecule has 11 heteroatoms. The third-order valence-corrected chi connectivity index (χ3v) is 11.0. The quantitative estimate of drug-likeness (QED) is 0.158. The molecule has 0 bridgehead atoms. The number of hydrogen-bond acceptors (Lipinski definition) is 9. The van der Waals surface area contributed by atoms with Crippen molar-refractivity contribution >= 4 is 20.0 Å². The summed E-state index contributed by atoms with van der Waals surface area (Å²) in [6.45, 7) is 12.3. The average molecular weight is 516 g/mol. The van der Waals surface area contributed by atoms with Crippen LogP contribution in [-0.2, 0) is 25.1 Å². The van der Waals surface area contributed by atoms with Gasteiger partial charge in [0.1, 0.15) is 0 Å². The highest BCUT2D eigenvalue weighted by Gasteiger charge is 2.44. The minimum atomic E-state index is -2.33. The number of ether oxygens (including phenoxy) is 5. The Bertz CT molecular complexity index is 883. The fourth-order valence-corrected chi connectivity index (χ4v) is 4.88. The second-order valence-electron chi connectivity index (χ2n) is 10.0. The maximum atomic E-state index is 12.7. The number of carbonyl (C=O) groups is 1. The van der Waals surface area contributed by atoms with Crippen LogP contribution in [-0.4, -0.2) is 67.0 Å². The Morgan fingerprint density at radius 2 is 1.63 bits per heavy atom. The first-order chi connectivity index (χ1) is 16.2. The van der Waals surface area contributed by atoms with Crippen LogP contribution in [0.5, 0.6) is 17.2 Å². The summed E-state index contributed by atoms with van der Waals surface area (Å²) in [5.74, 6) is 0.0955. The molecule has 0 aliphatic carbocycles. The van der Waals surface area contributed by atoms with Crippen molar-refractivity contribution in [2.45, 2.75) is 70.9 Å². The molecule has 1 aromatic rings. The van der Waals surface area contributed by atoms with Gasteiger partial charge < -0.3 is 28.1 Å². The normalized spacial score (nSPS) is 14.6. The molecule has 3 atom stereocenters. The number of rotatable bonds is 13. The Hall–Kier alpha value is -2.37. The van der Waals surface area contributed by atoms with E-state index in [-0.39, 0.29) is 28.1 Å². The molecule has 10 nitrogen and oxygen atoms in total. The Balaban J connectivity index is 3.37. The molecule has 0 radical (unpaired) electrons. The van der Waals surface area contributed by atoms with Crippen LogP contribution in [0.3, 0.4) is 0 Å². The van der Waals surface area contributed by atoms with E-state index in [0.29, 0.717) is 24.2 Å². The molecule has 0 N–H and O–H groups in total. The maximum Gasteiger partial charge on any atom is 0.336 e. The predicted molar refractivity (Wildman–Crippen MR) is 135 cm³/mol. The molecular formula is C24H41NO9Si. The van der Waals surface area contributed by atoms with Crippen molar-refractivity contribution in [2.24, 2.45) is 5.92 Å². The highest BCUT2D eigenvalue weighted by molar-refractivity contribution is 6.74. The summed E-state index contributed by atoms with van der Waals surface area (Å²) in [6, 6.07) is 1.28. The zero-order chi connectivity index (χ0) is 27.1. The van der Waals surface area contributed by atoms with E-state index in [4.69, 9.17) is 28.1 Å². The fourth-order valence-electron chi connectivity index (χ4n) is 3.64. The first-order valence-corrected chi connectivity index (χ1v) is 14.3. The lowest BCUT2D eigenvalue weighted by molar-refractivity contribution is -0.385. The standard InChI is InChI=1S/C24H41NO9Si/c1-15(12-16-20(31-7)17(25(27)28)14-19(30-6)21(16)32-8)13-18(29-5)22(23(26)33-9)34-35(10,11)24(2,3)4/h14-15,18,22H,12-13H2,1-11H3/t15-,18+,22+/m1/s1. The van der Waals surface area contributed by atoms with Gasteiger partial charge in [-0.1, -0.05) is 27.7 Å². The van der Waals surface area contributed by atoms with Crippen LogP contribution in [0.1, 0.15) is 39.7 Å². The molecule has 1 aromatic carbocycles. The molecule has 0 saturated heterocycles. The van der Waals surface area contributed by atoms with E-state index in [9.17, 15) is 14.9 Å². The van der Waals surface area contributed by atoms with Crippen molar-refractivity contribution in [3.8, 4) is 17.2 Å². The van der Waals surface area contributed by atoms with Crippen molar-refractivity contribution in [2.75, 3.05) is 35.5 Å². The number of nitro groups is 1. The summed E-state index contributed by atoms with van der Waals surface area (Å²) in [7, 11) is 4.79. The van der Waals surface area contributed by atoms with Crippen molar-refractivity contribution < 1.29 is 37.8 Å². The van der Waals surface area contributed by atoms with Crippen molar-refractivity contribution in [1.29, 1.82) is 0 Å². The number of carbonyl (C=O) groups excluding carboxylic acids is 1. The van der Waals surface area contributed by atoms with Crippen molar-refractivity contribution in [3.63, 3.8) is 0 Å². The summed E-state index contributed by atoms with van der Waals surface area (Å²) in [6.07, 6.45) is -0.735. The lowest BCUT2D eigenvalue weighted by Gasteiger charge is -2.40. The Morgan fingerprint density at radius 1 is 1.06 bits per heavy atom. The number of hydrogen-bond donors (Lipinski definition) is 0. The Labute approximate surface area is 209 Å². The molecule has 0 aliphatic heterocycles. The van der Waals surface area contributed by atoms with Crippen LogP contribution in [0.4, 0.5) is 5.69 Å².